The third kappa shape index (κ3) is 5.06. The molecule has 2 rings (SSSR count). The number of rotatable bonds is 6. The summed E-state index contributed by atoms with van der Waals surface area (Å²) in [5, 5.41) is 10.7. The van der Waals surface area contributed by atoms with Gasteiger partial charge in [0.25, 0.3) is 5.91 Å². The van der Waals surface area contributed by atoms with E-state index in [1.54, 1.807) is 13.1 Å². The number of nitrogens with zero attached hydrogens (tertiary/aromatic N) is 1. The molecule has 0 bridgehead atoms. The van der Waals surface area contributed by atoms with Gasteiger partial charge in [-0.2, -0.15) is 0 Å². The van der Waals surface area contributed by atoms with E-state index >= 15 is 0 Å². The lowest BCUT2D eigenvalue weighted by Crippen LogP contribution is -2.30. The number of amides is 3. The summed E-state index contributed by atoms with van der Waals surface area (Å²) in [6, 6.07) is 7.08. The minimum absolute atomic E-state index is 0.118. The summed E-state index contributed by atoms with van der Waals surface area (Å²) in [4.78, 5) is 27.8. The molecule has 3 N–H and O–H groups in total. The zero-order valence-corrected chi connectivity index (χ0v) is 14.9. The van der Waals surface area contributed by atoms with Crippen molar-refractivity contribution >= 4 is 28.4 Å². The molecule has 0 unspecified atom stereocenters. The second-order valence-corrected chi connectivity index (χ2v) is 6.50. The Labute approximate surface area is 145 Å². The van der Waals surface area contributed by atoms with E-state index in [0.717, 1.165) is 11.3 Å². The molecule has 1 aromatic heterocycles. The molecule has 0 radical (unpaired) electrons. The van der Waals surface area contributed by atoms with Crippen LogP contribution in [-0.2, 0) is 6.42 Å². The highest BCUT2D eigenvalue weighted by Gasteiger charge is 2.08. The van der Waals surface area contributed by atoms with E-state index in [2.05, 4.69) is 34.8 Å². The van der Waals surface area contributed by atoms with Gasteiger partial charge >= 0.3 is 6.03 Å². The molecule has 24 heavy (non-hydrogen) atoms. The fourth-order valence-corrected chi connectivity index (χ4v) is 2.95. The average molecular weight is 346 g/mol. The number of thiazole rings is 1. The molecule has 0 saturated carbocycles. The van der Waals surface area contributed by atoms with Crippen LogP contribution in [0.2, 0.25) is 0 Å². The zero-order chi connectivity index (χ0) is 17.5. The first-order valence-electron chi connectivity index (χ1n) is 7.81. The highest BCUT2D eigenvalue weighted by Crippen LogP contribution is 2.21. The first kappa shape index (κ1) is 17.9. The minimum atomic E-state index is -0.276. The molecule has 6 nitrogen and oxygen atoms in total. The van der Waals surface area contributed by atoms with Gasteiger partial charge in [-0.15, -0.1) is 11.3 Å². The third-order valence-corrected chi connectivity index (χ3v) is 4.23. The lowest BCUT2D eigenvalue weighted by molar-refractivity contribution is 0.0963. The minimum Gasteiger partial charge on any atom is -0.355 e. The lowest BCUT2D eigenvalue weighted by Gasteiger charge is -2.07. The van der Waals surface area contributed by atoms with Gasteiger partial charge < -0.3 is 10.6 Å². The van der Waals surface area contributed by atoms with Crippen LogP contribution < -0.4 is 16.0 Å². The maximum absolute atomic E-state index is 11.9. The van der Waals surface area contributed by atoms with Crippen LogP contribution in [0.3, 0.4) is 0 Å². The molecule has 0 aliphatic rings. The number of aromatic nitrogens is 1. The quantitative estimate of drug-likeness (QED) is 0.752. The van der Waals surface area contributed by atoms with Crippen molar-refractivity contribution in [2.45, 2.75) is 26.2 Å². The second-order valence-electron chi connectivity index (χ2n) is 5.64. The van der Waals surface area contributed by atoms with Gasteiger partial charge in [0.05, 0.1) is 5.69 Å². The lowest BCUT2D eigenvalue weighted by atomic mass is 10.1. The van der Waals surface area contributed by atoms with Crippen molar-refractivity contribution in [3.8, 4) is 0 Å². The van der Waals surface area contributed by atoms with Gasteiger partial charge in [0.1, 0.15) is 0 Å². The molecule has 0 aliphatic heterocycles. The number of benzene rings is 1. The van der Waals surface area contributed by atoms with E-state index in [-0.39, 0.29) is 11.9 Å². The van der Waals surface area contributed by atoms with Gasteiger partial charge in [-0.25, -0.2) is 9.78 Å². The average Bonchev–Trinajstić information content (AvgIpc) is 3.03. The van der Waals surface area contributed by atoms with Crippen molar-refractivity contribution in [2.24, 2.45) is 0 Å². The van der Waals surface area contributed by atoms with E-state index in [9.17, 15) is 9.59 Å². The summed E-state index contributed by atoms with van der Waals surface area (Å²) in [5.41, 5.74) is 2.58. The highest BCUT2D eigenvalue weighted by molar-refractivity contribution is 7.13. The van der Waals surface area contributed by atoms with Gasteiger partial charge in [0.15, 0.2) is 5.13 Å². The summed E-state index contributed by atoms with van der Waals surface area (Å²) in [5.74, 6) is 0.222. The van der Waals surface area contributed by atoms with Crippen LogP contribution in [0.15, 0.2) is 29.6 Å². The van der Waals surface area contributed by atoms with Crippen molar-refractivity contribution in [1.82, 2.24) is 15.6 Å². The molecule has 1 heterocycles. The van der Waals surface area contributed by atoms with Crippen LogP contribution in [0.1, 0.15) is 41.4 Å². The van der Waals surface area contributed by atoms with Crippen LogP contribution in [0, 0.1) is 0 Å². The van der Waals surface area contributed by atoms with Crippen LogP contribution >= 0.6 is 11.3 Å². The van der Waals surface area contributed by atoms with Crippen LogP contribution in [0.25, 0.3) is 0 Å². The molecule has 2 aromatic rings. The van der Waals surface area contributed by atoms with E-state index in [1.807, 2.05) is 23.6 Å². The topological polar surface area (TPSA) is 83.1 Å². The van der Waals surface area contributed by atoms with Crippen molar-refractivity contribution in [3.05, 3.63) is 46.5 Å². The molecule has 128 valence electrons. The molecular weight excluding hydrogens is 324 g/mol. The number of hydrogen-bond donors (Lipinski definition) is 3. The summed E-state index contributed by atoms with van der Waals surface area (Å²) in [6.45, 7) is 4.60. The number of hydrogen-bond acceptors (Lipinski definition) is 4. The van der Waals surface area contributed by atoms with Gasteiger partial charge in [0, 0.05) is 24.5 Å². The van der Waals surface area contributed by atoms with Gasteiger partial charge in [0.2, 0.25) is 0 Å². The number of anilines is 1. The van der Waals surface area contributed by atoms with Gasteiger partial charge in [-0.05, 0) is 30.0 Å². The Bertz CT molecular complexity index is 712. The van der Waals surface area contributed by atoms with E-state index in [0.29, 0.717) is 29.6 Å². The van der Waals surface area contributed by atoms with Crippen LogP contribution in [-0.4, -0.2) is 30.5 Å². The van der Waals surface area contributed by atoms with Gasteiger partial charge in [-0.1, -0.05) is 26.0 Å². The first-order chi connectivity index (χ1) is 11.5. The Morgan fingerprint density at radius 2 is 2.08 bits per heavy atom. The molecular formula is C17H22N4O2S. The van der Waals surface area contributed by atoms with Crippen molar-refractivity contribution in [2.75, 3.05) is 18.9 Å². The van der Waals surface area contributed by atoms with E-state index in [1.165, 1.54) is 11.3 Å². The SMILES string of the molecule is CNC(=O)c1cccc(CCNC(=O)Nc2nc(C(C)C)cs2)c1. The number of urea groups is 1. The molecule has 0 saturated heterocycles. The molecule has 0 spiro atoms. The predicted molar refractivity (Wildman–Crippen MR) is 96.8 cm³/mol. The Hall–Kier alpha value is -2.41. The largest absolute Gasteiger partial charge is 0.355 e. The Kier molecular flexibility index (Phi) is 6.31. The third-order valence-electron chi connectivity index (χ3n) is 3.45. The van der Waals surface area contributed by atoms with Crippen molar-refractivity contribution < 1.29 is 9.59 Å². The van der Waals surface area contributed by atoms with Gasteiger partial charge in [-0.3, -0.25) is 10.1 Å². The Balaban J connectivity index is 1.81. The second kappa shape index (κ2) is 8.44. The molecule has 0 atom stereocenters. The van der Waals surface area contributed by atoms with Crippen molar-refractivity contribution in [3.63, 3.8) is 0 Å². The highest BCUT2D eigenvalue weighted by atomic mass is 32.1. The number of carbonyl (C=O) groups excluding carboxylic acids is 2. The monoisotopic (exact) mass is 346 g/mol. The van der Waals surface area contributed by atoms with Crippen LogP contribution in [0.4, 0.5) is 9.93 Å². The van der Waals surface area contributed by atoms with Crippen LogP contribution in [0.5, 0.6) is 0 Å². The molecule has 0 aliphatic carbocycles. The number of nitrogens with one attached hydrogen (secondary N) is 3. The maximum atomic E-state index is 11.9. The fraction of sp³-hybridized carbons (Fsp3) is 0.353. The predicted octanol–water partition coefficient (Wildman–Crippen LogP) is 2.99. The normalized spacial score (nSPS) is 10.5. The zero-order valence-electron chi connectivity index (χ0n) is 14.1. The first-order valence-corrected chi connectivity index (χ1v) is 8.69. The molecule has 1 aromatic carbocycles. The van der Waals surface area contributed by atoms with E-state index < -0.39 is 0 Å². The Morgan fingerprint density at radius 1 is 1.29 bits per heavy atom. The molecule has 0 fully saturated rings. The number of carbonyl (C=O) groups is 2. The smallest absolute Gasteiger partial charge is 0.321 e. The standard InChI is InChI=1S/C17H22N4O2S/c1-11(2)14-10-24-17(20-14)21-16(23)19-8-7-12-5-4-6-13(9-12)15(22)18-3/h4-6,9-11H,7-8H2,1-3H3,(H,18,22)(H2,19,20,21,23). The van der Waals surface area contributed by atoms with E-state index in [4.69, 9.17) is 0 Å². The molecule has 3 amide bonds. The maximum Gasteiger partial charge on any atom is 0.321 e. The summed E-state index contributed by atoms with van der Waals surface area (Å²) in [7, 11) is 1.60. The summed E-state index contributed by atoms with van der Waals surface area (Å²) < 4.78 is 0. The molecule has 7 heteroatoms. The summed E-state index contributed by atoms with van der Waals surface area (Å²) >= 11 is 1.42. The Morgan fingerprint density at radius 3 is 2.75 bits per heavy atom. The van der Waals surface area contributed by atoms with Crippen molar-refractivity contribution in [1.29, 1.82) is 0 Å². The summed E-state index contributed by atoms with van der Waals surface area (Å²) in [6.07, 6.45) is 0.646. The fourth-order valence-electron chi connectivity index (χ4n) is 2.08.